The quantitative estimate of drug-likeness (QED) is 0.522. The first-order valence-corrected chi connectivity index (χ1v) is 9.35. The second-order valence-corrected chi connectivity index (χ2v) is 9.00. The zero-order valence-electron chi connectivity index (χ0n) is 17.7. The first-order valence-electron chi connectivity index (χ1n) is 9.35. The zero-order chi connectivity index (χ0) is 22.0. The van der Waals surface area contributed by atoms with Gasteiger partial charge in [-0.25, -0.2) is 4.98 Å². The Balaban J connectivity index is 0.000000212. The van der Waals surface area contributed by atoms with E-state index >= 15 is 0 Å². The number of benzene rings is 2. The van der Waals surface area contributed by atoms with E-state index in [0.29, 0.717) is 22.2 Å². The fraction of sp³-hybridized carbons (Fsp3) is 0.348. The van der Waals surface area contributed by atoms with E-state index in [4.69, 9.17) is 0 Å². The molecular formula is C23H28N2O4. The number of nitrogens with zero attached hydrogens (tertiary/aromatic N) is 1. The van der Waals surface area contributed by atoms with Crippen molar-refractivity contribution in [1.29, 1.82) is 0 Å². The number of rotatable bonds is 2. The van der Waals surface area contributed by atoms with Gasteiger partial charge < -0.3 is 15.2 Å². The van der Waals surface area contributed by atoms with E-state index in [9.17, 15) is 19.8 Å². The minimum Gasteiger partial charge on any atom is -0.508 e. The first kappa shape index (κ1) is 22.1. The van der Waals surface area contributed by atoms with Crippen LogP contribution in [0.1, 0.15) is 62.3 Å². The molecule has 2 aromatic carbocycles. The molecule has 0 aliphatic carbocycles. The molecule has 0 bridgehead atoms. The maximum atomic E-state index is 12.0. The van der Waals surface area contributed by atoms with E-state index < -0.39 is 10.8 Å². The van der Waals surface area contributed by atoms with Crippen LogP contribution >= 0.6 is 0 Å². The summed E-state index contributed by atoms with van der Waals surface area (Å²) in [5.74, 6) is 0.212. The third-order valence-electron chi connectivity index (χ3n) is 4.24. The third-order valence-corrected chi connectivity index (χ3v) is 4.24. The fourth-order valence-corrected chi connectivity index (χ4v) is 2.68. The highest BCUT2D eigenvalue weighted by Gasteiger charge is 2.24. The Bertz CT molecular complexity index is 1040. The normalized spacial score (nSPS) is 11.7. The smallest absolute Gasteiger partial charge is 0.168 e. The summed E-state index contributed by atoms with van der Waals surface area (Å²) in [5, 5.41) is 18.9. The van der Waals surface area contributed by atoms with Gasteiger partial charge in [0.1, 0.15) is 17.0 Å². The number of hydrogen-bond donors (Lipinski definition) is 3. The van der Waals surface area contributed by atoms with E-state index in [2.05, 4.69) is 9.97 Å². The summed E-state index contributed by atoms with van der Waals surface area (Å²) in [6.07, 6.45) is 1.50. The SMILES string of the molecule is CC(C)(C)C(=O)c1cc(O)c2nc[nH]c2c1.CC(C)(C)C(=O)c1cccc(O)c1. The summed E-state index contributed by atoms with van der Waals surface area (Å²) in [7, 11) is 0. The molecule has 0 fully saturated rings. The second-order valence-electron chi connectivity index (χ2n) is 9.00. The van der Waals surface area contributed by atoms with Crippen LogP contribution in [0.3, 0.4) is 0 Å². The number of phenols is 2. The number of fused-ring (bicyclic) bond motifs is 1. The Morgan fingerprint density at radius 3 is 2.00 bits per heavy atom. The van der Waals surface area contributed by atoms with Crippen LogP contribution in [0.15, 0.2) is 42.7 Å². The van der Waals surface area contributed by atoms with Gasteiger partial charge in [-0.1, -0.05) is 53.7 Å². The van der Waals surface area contributed by atoms with Crippen molar-refractivity contribution in [3.05, 3.63) is 53.9 Å². The third kappa shape index (κ3) is 5.44. The fourth-order valence-electron chi connectivity index (χ4n) is 2.68. The Hall–Kier alpha value is -3.15. The van der Waals surface area contributed by atoms with Gasteiger partial charge in [0, 0.05) is 22.0 Å². The molecule has 0 amide bonds. The number of imidazole rings is 1. The van der Waals surface area contributed by atoms with Gasteiger partial charge in [0.05, 0.1) is 11.8 Å². The first-order chi connectivity index (χ1) is 13.3. The molecule has 29 heavy (non-hydrogen) atoms. The summed E-state index contributed by atoms with van der Waals surface area (Å²) in [4.78, 5) is 30.6. The van der Waals surface area contributed by atoms with Gasteiger partial charge in [0.15, 0.2) is 11.6 Å². The number of carbonyl (C=O) groups excluding carboxylic acids is 2. The Kier molecular flexibility index (Phi) is 6.16. The highest BCUT2D eigenvalue weighted by atomic mass is 16.3. The molecule has 0 saturated carbocycles. The molecule has 0 spiro atoms. The number of aromatic hydroxyl groups is 2. The monoisotopic (exact) mass is 396 g/mol. The van der Waals surface area contributed by atoms with Crippen molar-refractivity contribution in [1.82, 2.24) is 9.97 Å². The van der Waals surface area contributed by atoms with Crippen LogP contribution in [0.5, 0.6) is 11.5 Å². The second kappa shape index (κ2) is 8.07. The van der Waals surface area contributed by atoms with Gasteiger partial charge in [0.2, 0.25) is 0 Å². The molecule has 0 atom stereocenters. The van der Waals surface area contributed by atoms with Gasteiger partial charge in [-0.3, -0.25) is 9.59 Å². The minimum absolute atomic E-state index is 0.000648. The molecule has 1 aromatic heterocycles. The number of ketones is 2. The summed E-state index contributed by atoms with van der Waals surface area (Å²) >= 11 is 0. The van der Waals surface area contributed by atoms with Crippen LogP contribution in [0, 0.1) is 10.8 Å². The van der Waals surface area contributed by atoms with Crippen LogP contribution in [-0.2, 0) is 0 Å². The van der Waals surface area contributed by atoms with Crippen molar-refractivity contribution in [3.8, 4) is 11.5 Å². The Labute approximate surface area is 170 Å². The molecule has 0 saturated heterocycles. The lowest BCUT2D eigenvalue weighted by molar-refractivity contribution is 0.0852. The van der Waals surface area contributed by atoms with Crippen molar-refractivity contribution < 1.29 is 19.8 Å². The number of aromatic amines is 1. The lowest BCUT2D eigenvalue weighted by atomic mass is 9.86. The average molecular weight is 396 g/mol. The molecule has 0 radical (unpaired) electrons. The van der Waals surface area contributed by atoms with Gasteiger partial charge >= 0.3 is 0 Å². The number of Topliss-reactive ketones (excluding diaryl/α,β-unsaturated/α-hetero) is 2. The lowest BCUT2D eigenvalue weighted by Crippen LogP contribution is -2.20. The average Bonchev–Trinajstić information content (AvgIpc) is 3.08. The van der Waals surface area contributed by atoms with Crippen LogP contribution < -0.4 is 0 Å². The number of nitrogens with one attached hydrogen (secondary N) is 1. The molecule has 3 N–H and O–H groups in total. The van der Waals surface area contributed by atoms with Crippen molar-refractivity contribution in [2.24, 2.45) is 10.8 Å². The van der Waals surface area contributed by atoms with Crippen molar-refractivity contribution >= 4 is 22.6 Å². The van der Waals surface area contributed by atoms with E-state index in [-0.39, 0.29) is 23.1 Å². The molecule has 154 valence electrons. The predicted octanol–water partition coefficient (Wildman–Crippen LogP) is 5.12. The number of carbonyl (C=O) groups is 2. The van der Waals surface area contributed by atoms with Crippen molar-refractivity contribution in [2.75, 3.05) is 0 Å². The van der Waals surface area contributed by atoms with Crippen molar-refractivity contribution in [2.45, 2.75) is 41.5 Å². The molecule has 6 nitrogen and oxygen atoms in total. The van der Waals surface area contributed by atoms with Crippen LogP contribution in [0.2, 0.25) is 0 Å². The Morgan fingerprint density at radius 1 is 0.862 bits per heavy atom. The summed E-state index contributed by atoms with van der Waals surface area (Å²) in [6.45, 7) is 11.1. The molecule has 0 aliphatic heterocycles. The predicted molar refractivity (Wildman–Crippen MR) is 113 cm³/mol. The summed E-state index contributed by atoms with van der Waals surface area (Å²) in [6, 6.07) is 9.63. The zero-order valence-corrected chi connectivity index (χ0v) is 17.7. The molecular weight excluding hydrogens is 368 g/mol. The summed E-state index contributed by atoms with van der Waals surface area (Å²) in [5.41, 5.74) is 1.38. The number of hydrogen-bond acceptors (Lipinski definition) is 5. The standard InChI is InChI=1S/C12H14N2O2.C11H14O2/c1-12(2,3)11(16)7-4-8-10(9(15)5-7)14-6-13-8;1-11(2,3)10(13)8-5-4-6-9(12)7-8/h4-6,15H,1-3H3,(H,13,14);4-7,12H,1-3H3. The number of aromatic nitrogens is 2. The molecule has 1 heterocycles. The van der Waals surface area contributed by atoms with E-state index in [1.54, 1.807) is 24.3 Å². The van der Waals surface area contributed by atoms with Gasteiger partial charge in [-0.05, 0) is 24.3 Å². The maximum absolute atomic E-state index is 12.0. The van der Waals surface area contributed by atoms with E-state index in [0.717, 1.165) is 0 Å². The maximum Gasteiger partial charge on any atom is 0.168 e. The molecule has 0 aliphatic rings. The number of phenolic OH excluding ortho intramolecular Hbond substituents is 2. The molecule has 3 aromatic rings. The largest absolute Gasteiger partial charge is 0.508 e. The van der Waals surface area contributed by atoms with Crippen LogP contribution in [-0.4, -0.2) is 31.7 Å². The molecule has 3 rings (SSSR count). The molecule has 6 heteroatoms. The number of H-pyrrole nitrogens is 1. The highest BCUT2D eigenvalue weighted by molar-refractivity contribution is 6.03. The Morgan fingerprint density at radius 2 is 1.45 bits per heavy atom. The van der Waals surface area contributed by atoms with Crippen LogP contribution in [0.25, 0.3) is 11.0 Å². The topological polar surface area (TPSA) is 103 Å². The van der Waals surface area contributed by atoms with Gasteiger partial charge in [0.25, 0.3) is 0 Å². The van der Waals surface area contributed by atoms with Crippen LogP contribution in [0.4, 0.5) is 0 Å². The van der Waals surface area contributed by atoms with E-state index in [1.165, 1.54) is 18.5 Å². The lowest BCUT2D eigenvalue weighted by Gasteiger charge is -2.16. The molecule has 0 unspecified atom stereocenters. The van der Waals surface area contributed by atoms with Gasteiger partial charge in [-0.15, -0.1) is 0 Å². The van der Waals surface area contributed by atoms with E-state index in [1.807, 2.05) is 41.5 Å². The van der Waals surface area contributed by atoms with Gasteiger partial charge in [-0.2, -0.15) is 0 Å². The minimum atomic E-state index is -0.458. The summed E-state index contributed by atoms with van der Waals surface area (Å²) < 4.78 is 0. The highest BCUT2D eigenvalue weighted by Crippen LogP contribution is 2.28. The van der Waals surface area contributed by atoms with Crippen molar-refractivity contribution in [3.63, 3.8) is 0 Å².